The van der Waals surface area contributed by atoms with E-state index in [1.165, 1.54) is 0 Å². The molecule has 2 rings (SSSR count). The average molecular weight is 285 g/mol. The molecule has 1 aliphatic heterocycles. The van der Waals surface area contributed by atoms with E-state index in [9.17, 15) is 5.26 Å². The van der Waals surface area contributed by atoms with E-state index in [1.54, 1.807) is 0 Å². The Hall–Kier alpha value is -1.31. The van der Waals surface area contributed by atoms with E-state index in [4.69, 9.17) is 9.31 Å². The Bertz CT molecular complexity index is 583. The summed E-state index contributed by atoms with van der Waals surface area (Å²) in [4.78, 5) is 0. The zero-order chi connectivity index (χ0) is 16.1. The summed E-state index contributed by atoms with van der Waals surface area (Å²) in [5.41, 5.74) is 1.85. The summed E-state index contributed by atoms with van der Waals surface area (Å²) < 4.78 is 12.2. The molecule has 0 unspecified atom stereocenters. The molecule has 0 atom stereocenters. The maximum atomic E-state index is 9.35. The molecule has 3 nitrogen and oxygen atoms in total. The summed E-state index contributed by atoms with van der Waals surface area (Å²) in [6, 6.07) is 8.50. The molecule has 1 aromatic carbocycles. The first-order valence-corrected chi connectivity index (χ1v) is 7.37. The normalized spacial score (nSPS) is 20.4. The quantitative estimate of drug-likeness (QED) is 0.784. The summed E-state index contributed by atoms with van der Waals surface area (Å²) >= 11 is 0. The van der Waals surface area contributed by atoms with Crippen LogP contribution in [0.1, 0.15) is 52.7 Å². The highest BCUT2D eigenvalue weighted by atomic mass is 16.7. The Kier molecular flexibility index (Phi) is 3.72. The predicted molar refractivity (Wildman–Crippen MR) is 85.5 cm³/mol. The first kappa shape index (κ1) is 16.1. The van der Waals surface area contributed by atoms with Crippen LogP contribution in [0, 0.1) is 18.3 Å². The van der Waals surface area contributed by atoms with E-state index in [0.717, 1.165) is 16.6 Å². The van der Waals surface area contributed by atoms with Crippen LogP contribution in [0.4, 0.5) is 0 Å². The Balaban J connectivity index is 2.42. The lowest BCUT2D eigenvalue weighted by Gasteiger charge is -2.32. The van der Waals surface area contributed by atoms with Crippen molar-refractivity contribution in [1.82, 2.24) is 0 Å². The molecule has 1 heterocycles. The zero-order valence-corrected chi connectivity index (χ0v) is 14.1. The van der Waals surface area contributed by atoms with Crippen molar-refractivity contribution in [1.29, 1.82) is 5.26 Å². The van der Waals surface area contributed by atoms with Crippen molar-refractivity contribution in [3.05, 3.63) is 29.3 Å². The average Bonchev–Trinajstić information content (AvgIpc) is 2.58. The van der Waals surface area contributed by atoms with Gasteiger partial charge < -0.3 is 9.31 Å². The van der Waals surface area contributed by atoms with E-state index in [1.807, 2.05) is 54.5 Å². The van der Waals surface area contributed by atoms with Gasteiger partial charge in [-0.1, -0.05) is 23.8 Å². The Morgan fingerprint density at radius 2 is 1.57 bits per heavy atom. The van der Waals surface area contributed by atoms with Crippen molar-refractivity contribution in [3.63, 3.8) is 0 Å². The highest BCUT2D eigenvalue weighted by Crippen LogP contribution is 2.36. The lowest BCUT2D eigenvalue weighted by molar-refractivity contribution is 0.00578. The lowest BCUT2D eigenvalue weighted by atomic mass is 9.74. The summed E-state index contributed by atoms with van der Waals surface area (Å²) in [5, 5.41) is 9.35. The van der Waals surface area contributed by atoms with Crippen LogP contribution in [0.15, 0.2) is 18.2 Å². The van der Waals surface area contributed by atoms with Crippen LogP contribution in [-0.4, -0.2) is 18.3 Å². The molecule has 0 aliphatic carbocycles. The second kappa shape index (κ2) is 4.86. The second-order valence-corrected chi connectivity index (χ2v) is 7.46. The summed E-state index contributed by atoms with van der Waals surface area (Å²) in [6.07, 6.45) is 0. The summed E-state index contributed by atoms with van der Waals surface area (Å²) in [5.74, 6) is 0. The number of rotatable bonds is 2. The fourth-order valence-electron chi connectivity index (χ4n) is 2.35. The molecule has 0 bridgehead atoms. The monoisotopic (exact) mass is 285 g/mol. The van der Waals surface area contributed by atoms with Crippen molar-refractivity contribution in [2.24, 2.45) is 0 Å². The van der Waals surface area contributed by atoms with E-state index in [-0.39, 0.29) is 18.3 Å². The summed E-state index contributed by atoms with van der Waals surface area (Å²) in [7, 11) is -0.386. The molecule has 1 aromatic rings. The molecule has 1 aliphatic rings. The Morgan fingerprint density at radius 3 is 2.05 bits per heavy atom. The first-order chi connectivity index (χ1) is 9.48. The van der Waals surface area contributed by atoms with Crippen molar-refractivity contribution in [2.45, 2.75) is 65.1 Å². The molecule has 0 radical (unpaired) electrons. The van der Waals surface area contributed by atoms with Crippen molar-refractivity contribution >= 4 is 12.6 Å². The molecule has 4 heteroatoms. The van der Waals surface area contributed by atoms with Crippen LogP contribution >= 0.6 is 0 Å². The Labute approximate surface area is 128 Å². The molecule has 0 N–H and O–H groups in total. The van der Waals surface area contributed by atoms with E-state index in [0.29, 0.717) is 0 Å². The van der Waals surface area contributed by atoms with Gasteiger partial charge in [-0.05, 0) is 59.5 Å². The smallest absolute Gasteiger partial charge is 0.399 e. The van der Waals surface area contributed by atoms with Crippen LogP contribution in [0.5, 0.6) is 0 Å². The van der Waals surface area contributed by atoms with Gasteiger partial charge in [0.25, 0.3) is 0 Å². The van der Waals surface area contributed by atoms with Gasteiger partial charge in [0.1, 0.15) is 0 Å². The minimum atomic E-state index is -0.523. The van der Waals surface area contributed by atoms with Crippen LogP contribution in [0.25, 0.3) is 0 Å². The van der Waals surface area contributed by atoms with E-state index in [2.05, 4.69) is 18.2 Å². The fraction of sp³-hybridized carbons (Fsp3) is 0.588. The largest absolute Gasteiger partial charge is 0.494 e. The third-order valence-corrected chi connectivity index (χ3v) is 4.63. The van der Waals surface area contributed by atoms with Gasteiger partial charge in [0, 0.05) is 0 Å². The maximum absolute atomic E-state index is 9.35. The van der Waals surface area contributed by atoms with Crippen LogP contribution < -0.4 is 5.46 Å². The molecule has 0 amide bonds. The first-order valence-electron chi connectivity index (χ1n) is 7.37. The Morgan fingerprint density at radius 1 is 1.05 bits per heavy atom. The van der Waals surface area contributed by atoms with Gasteiger partial charge in [-0.25, -0.2) is 0 Å². The standard InChI is InChI=1S/C17H24BNO2/c1-12-8-13(15(2,3)11-19)10-14(9-12)18-20-16(4,5)17(6,7)21-18/h8-10H,1-7H3. The van der Waals surface area contributed by atoms with E-state index >= 15 is 0 Å². The molecule has 21 heavy (non-hydrogen) atoms. The van der Waals surface area contributed by atoms with Gasteiger partial charge >= 0.3 is 7.12 Å². The van der Waals surface area contributed by atoms with Crippen molar-refractivity contribution in [2.75, 3.05) is 0 Å². The number of hydrogen-bond acceptors (Lipinski definition) is 3. The zero-order valence-electron chi connectivity index (χ0n) is 14.1. The van der Waals surface area contributed by atoms with Gasteiger partial charge in [0.2, 0.25) is 0 Å². The number of nitriles is 1. The van der Waals surface area contributed by atoms with E-state index < -0.39 is 5.41 Å². The minimum Gasteiger partial charge on any atom is -0.399 e. The molecule has 0 aromatic heterocycles. The maximum Gasteiger partial charge on any atom is 0.494 e. The van der Waals surface area contributed by atoms with Crippen LogP contribution in [0.2, 0.25) is 0 Å². The van der Waals surface area contributed by atoms with Gasteiger partial charge in [-0.15, -0.1) is 0 Å². The SMILES string of the molecule is Cc1cc(B2OC(C)(C)C(C)(C)O2)cc(C(C)(C)C#N)c1. The third kappa shape index (κ3) is 2.86. The molecule has 1 saturated heterocycles. The fourth-order valence-corrected chi connectivity index (χ4v) is 2.35. The molecular formula is C17H24BNO2. The van der Waals surface area contributed by atoms with Gasteiger partial charge in [0.15, 0.2) is 0 Å². The van der Waals surface area contributed by atoms with Crippen LogP contribution in [0.3, 0.4) is 0 Å². The number of aryl methyl sites for hydroxylation is 1. The van der Waals surface area contributed by atoms with Gasteiger partial charge in [0.05, 0.1) is 22.7 Å². The highest BCUT2D eigenvalue weighted by molar-refractivity contribution is 6.62. The third-order valence-electron chi connectivity index (χ3n) is 4.63. The number of hydrogen-bond donors (Lipinski definition) is 0. The second-order valence-electron chi connectivity index (χ2n) is 7.46. The molecule has 1 fully saturated rings. The molecule has 0 spiro atoms. The van der Waals surface area contributed by atoms with Crippen molar-refractivity contribution in [3.8, 4) is 6.07 Å². The van der Waals surface area contributed by atoms with Crippen molar-refractivity contribution < 1.29 is 9.31 Å². The highest BCUT2D eigenvalue weighted by Gasteiger charge is 2.51. The van der Waals surface area contributed by atoms with Crippen LogP contribution in [-0.2, 0) is 14.7 Å². The molecular weight excluding hydrogens is 261 g/mol. The molecule has 0 saturated carbocycles. The topological polar surface area (TPSA) is 42.2 Å². The molecule has 112 valence electrons. The lowest BCUT2D eigenvalue weighted by Crippen LogP contribution is -2.41. The van der Waals surface area contributed by atoms with Gasteiger partial charge in [-0.3, -0.25) is 0 Å². The number of nitrogens with zero attached hydrogens (tertiary/aromatic N) is 1. The summed E-state index contributed by atoms with van der Waals surface area (Å²) in [6.45, 7) is 14.1. The number of benzene rings is 1. The van der Waals surface area contributed by atoms with Gasteiger partial charge in [-0.2, -0.15) is 5.26 Å². The predicted octanol–water partition coefficient (Wildman–Crippen LogP) is 3.10. The minimum absolute atomic E-state index is 0.355.